The van der Waals surface area contributed by atoms with Crippen LogP contribution >= 0.6 is 19.8 Å². The molecule has 4 nitrogen and oxygen atoms in total. The maximum absolute atomic E-state index is 11.4. The van der Waals surface area contributed by atoms with Crippen molar-refractivity contribution >= 4 is 19.8 Å². The standard InChI is InChI=1S/C27H45IN2O2/c1-18(2)20-14-29-30(15-20)16-26(31)24-8-7-23-22-6-5-21-13-19(17-32-4)10-12-28(21)25(22)9-11-27(23,24)3/h14-15,18-19,21-26,31H,5-13,16-17H2,1-4H3. The van der Waals surface area contributed by atoms with Gasteiger partial charge in [-0.1, -0.05) is 0 Å². The average molecular weight is 557 g/mol. The van der Waals surface area contributed by atoms with Gasteiger partial charge in [-0.2, -0.15) is 0 Å². The molecule has 0 aromatic carbocycles. The number of aliphatic hydroxyl groups is 1. The molecule has 2 aliphatic carbocycles. The van der Waals surface area contributed by atoms with E-state index in [1.54, 1.807) is 4.43 Å². The third kappa shape index (κ3) is 4.21. The van der Waals surface area contributed by atoms with Crippen LogP contribution in [0.5, 0.6) is 0 Å². The zero-order valence-electron chi connectivity index (χ0n) is 20.7. The molecule has 2 aliphatic heterocycles. The van der Waals surface area contributed by atoms with Crippen LogP contribution in [-0.2, 0) is 11.3 Å². The molecule has 4 fully saturated rings. The summed E-state index contributed by atoms with van der Waals surface area (Å²) < 4.78 is 11.3. The Hall–Kier alpha value is -0.140. The van der Waals surface area contributed by atoms with Crippen molar-refractivity contribution in [2.24, 2.45) is 29.1 Å². The van der Waals surface area contributed by atoms with Crippen LogP contribution in [0.4, 0.5) is 0 Å². The van der Waals surface area contributed by atoms with E-state index in [1.807, 2.05) is 18.0 Å². The third-order valence-corrected chi connectivity index (χ3v) is 18.7. The van der Waals surface area contributed by atoms with Crippen LogP contribution < -0.4 is 0 Å². The van der Waals surface area contributed by atoms with Gasteiger partial charge in [0.05, 0.1) is 0 Å². The number of ether oxygens (including phenoxy) is 1. The van der Waals surface area contributed by atoms with E-state index in [0.717, 1.165) is 32.2 Å². The maximum atomic E-state index is 11.4. The van der Waals surface area contributed by atoms with Crippen LogP contribution in [0.3, 0.4) is 0 Å². The van der Waals surface area contributed by atoms with Gasteiger partial charge in [-0.25, -0.2) is 0 Å². The van der Waals surface area contributed by atoms with Crippen molar-refractivity contribution in [2.75, 3.05) is 18.1 Å². The van der Waals surface area contributed by atoms with E-state index in [4.69, 9.17) is 4.74 Å². The van der Waals surface area contributed by atoms with E-state index >= 15 is 0 Å². The molecule has 1 N–H and O–H groups in total. The molecule has 8 unspecified atom stereocenters. The summed E-state index contributed by atoms with van der Waals surface area (Å²) >= 11 is -0.867. The number of halogens is 1. The predicted molar refractivity (Wildman–Crippen MR) is 140 cm³/mol. The van der Waals surface area contributed by atoms with Crippen LogP contribution in [0.25, 0.3) is 0 Å². The number of aromatic nitrogens is 2. The molecule has 3 heterocycles. The first kappa shape index (κ1) is 23.6. The molecule has 2 saturated heterocycles. The molecule has 5 rings (SSSR count). The minimum absolute atomic E-state index is 0.263. The van der Waals surface area contributed by atoms with Crippen molar-refractivity contribution < 1.29 is 9.84 Å². The third-order valence-electron chi connectivity index (χ3n) is 9.88. The predicted octanol–water partition coefficient (Wildman–Crippen LogP) is 5.90. The Kier molecular flexibility index (Phi) is 6.99. The number of fused-ring (bicyclic) bond motifs is 5. The second-order valence-corrected chi connectivity index (χ2v) is 18.8. The second-order valence-electron chi connectivity index (χ2n) is 11.9. The first-order chi connectivity index (χ1) is 15.4. The summed E-state index contributed by atoms with van der Waals surface area (Å²) in [5.74, 6) is 3.62. The van der Waals surface area contributed by atoms with Crippen LogP contribution in [-0.4, -0.2) is 47.0 Å². The van der Waals surface area contributed by atoms with Crippen molar-refractivity contribution in [1.82, 2.24) is 9.78 Å². The Morgan fingerprint density at radius 3 is 2.81 bits per heavy atom. The number of hydrogen-bond acceptors (Lipinski definition) is 3. The van der Waals surface area contributed by atoms with Gasteiger partial charge in [0.1, 0.15) is 0 Å². The van der Waals surface area contributed by atoms with Gasteiger partial charge in [0, 0.05) is 0 Å². The molecule has 1 aromatic rings. The van der Waals surface area contributed by atoms with Crippen LogP contribution in [0.15, 0.2) is 12.4 Å². The summed E-state index contributed by atoms with van der Waals surface area (Å²) in [5.41, 5.74) is 1.61. The molecule has 2 saturated carbocycles. The van der Waals surface area contributed by atoms with E-state index in [2.05, 4.69) is 32.1 Å². The summed E-state index contributed by atoms with van der Waals surface area (Å²) in [6.07, 6.45) is 15.2. The molecule has 5 heteroatoms. The summed E-state index contributed by atoms with van der Waals surface area (Å²) in [6, 6.07) is 0. The SMILES string of the molecule is COCC1CCI2C(CCC3C2CCC2(C)C(C(O)Cn4cc(C(C)C)cn4)CCC32)C1. The number of hydrogen-bond donors (Lipinski definition) is 1. The van der Waals surface area contributed by atoms with E-state index < -0.39 is 19.8 Å². The normalized spacial score (nSPS) is 41.2. The fourth-order valence-electron chi connectivity index (χ4n) is 8.16. The van der Waals surface area contributed by atoms with E-state index in [-0.39, 0.29) is 6.10 Å². The second kappa shape index (κ2) is 9.49. The molecule has 4 aliphatic rings. The molecule has 0 radical (unpaired) electrons. The van der Waals surface area contributed by atoms with Crippen LogP contribution in [0.1, 0.15) is 83.6 Å². The van der Waals surface area contributed by atoms with Gasteiger partial charge in [0.15, 0.2) is 0 Å². The van der Waals surface area contributed by atoms with Gasteiger partial charge in [-0.15, -0.1) is 0 Å². The topological polar surface area (TPSA) is 47.3 Å². The zero-order valence-corrected chi connectivity index (χ0v) is 22.8. The number of methoxy groups -OCH3 is 1. The molecule has 0 amide bonds. The van der Waals surface area contributed by atoms with Gasteiger partial charge in [-0.05, 0) is 0 Å². The van der Waals surface area contributed by atoms with E-state index in [0.29, 0.717) is 23.8 Å². The van der Waals surface area contributed by atoms with Crippen molar-refractivity contribution in [3.63, 3.8) is 0 Å². The summed E-state index contributed by atoms with van der Waals surface area (Å²) in [4.78, 5) is 0. The Bertz CT molecular complexity index is 781. The Balaban J connectivity index is 1.25. The van der Waals surface area contributed by atoms with Crippen molar-refractivity contribution in [2.45, 2.75) is 98.6 Å². The van der Waals surface area contributed by atoms with Gasteiger partial charge in [-0.3, -0.25) is 0 Å². The van der Waals surface area contributed by atoms with Gasteiger partial charge in [0.25, 0.3) is 0 Å². The summed E-state index contributed by atoms with van der Waals surface area (Å²) in [6.45, 7) is 8.63. The molecule has 8 atom stereocenters. The zero-order chi connectivity index (χ0) is 22.5. The molecular formula is C27H45IN2O2. The molecule has 0 bridgehead atoms. The Labute approximate surface area is 202 Å². The summed E-state index contributed by atoms with van der Waals surface area (Å²) in [7, 11) is 1.88. The number of nitrogens with zero attached hydrogens (tertiary/aromatic N) is 2. The van der Waals surface area contributed by atoms with Crippen molar-refractivity contribution in [3.05, 3.63) is 18.0 Å². The quantitative estimate of drug-likeness (QED) is 0.351. The number of rotatable bonds is 6. The monoisotopic (exact) mass is 556 g/mol. The molecular weight excluding hydrogens is 511 g/mol. The van der Waals surface area contributed by atoms with Gasteiger partial charge in [0.2, 0.25) is 0 Å². The first-order valence-electron chi connectivity index (χ1n) is 13.2. The fraction of sp³-hybridized carbons (Fsp3) is 0.889. The van der Waals surface area contributed by atoms with Crippen LogP contribution in [0, 0.1) is 29.1 Å². The van der Waals surface area contributed by atoms with Crippen molar-refractivity contribution in [1.29, 1.82) is 0 Å². The fourth-order valence-corrected chi connectivity index (χ4v) is 18.4. The number of alkyl halides is 3. The van der Waals surface area contributed by atoms with Gasteiger partial charge < -0.3 is 0 Å². The molecule has 1 aromatic heterocycles. The minimum atomic E-state index is -0.867. The molecule has 182 valence electrons. The molecule has 0 spiro atoms. The number of aliphatic hydroxyl groups excluding tert-OH is 1. The Morgan fingerprint density at radius 2 is 2.06 bits per heavy atom. The molecule has 32 heavy (non-hydrogen) atoms. The Morgan fingerprint density at radius 1 is 1.22 bits per heavy atom. The first-order valence-corrected chi connectivity index (χ1v) is 17.2. The van der Waals surface area contributed by atoms with E-state index in [1.165, 1.54) is 56.9 Å². The summed E-state index contributed by atoms with van der Waals surface area (Å²) in [5, 5.41) is 15.9. The van der Waals surface area contributed by atoms with Gasteiger partial charge >= 0.3 is 203 Å². The average Bonchev–Trinajstić information content (AvgIpc) is 3.37. The van der Waals surface area contributed by atoms with E-state index in [9.17, 15) is 5.11 Å². The van der Waals surface area contributed by atoms with Crippen LogP contribution in [0.2, 0.25) is 0 Å². The van der Waals surface area contributed by atoms with Crippen molar-refractivity contribution in [3.8, 4) is 0 Å².